The summed E-state index contributed by atoms with van der Waals surface area (Å²) >= 11 is 6.27. The van der Waals surface area contributed by atoms with E-state index in [0.717, 1.165) is 41.0 Å². The minimum absolute atomic E-state index is 0.239. The van der Waals surface area contributed by atoms with Crippen LogP contribution in [0.2, 0.25) is 5.02 Å². The number of methoxy groups -OCH3 is 1. The number of nitrogens with zero attached hydrogens (tertiary/aromatic N) is 2. The highest BCUT2D eigenvalue weighted by atomic mass is 35.5. The zero-order valence-electron chi connectivity index (χ0n) is 17.1. The van der Waals surface area contributed by atoms with Gasteiger partial charge >= 0.3 is 0 Å². The lowest BCUT2D eigenvalue weighted by molar-refractivity contribution is 0.102. The molecule has 0 atom stereocenters. The Kier molecular flexibility index (Phi) is 5.11. The zero-order chi connectivity index (χ0) is 19.9. The lowest BCUT2D eigenvalue weighted by atomic mass is 9.90. The van der Waals surface area contributed by atoms with Crippen molar-refractivity contribution in [2.45, 2.75) is 45.1 Å². The van der Waals surface area contributed by atoms with E-state index in [1.54, 1.807) is 7.11 Å². The average Bonchev–Trinajstić information content (AvgIpc) is 3.11. The molecule has 3 heterocycles. The molecule has 2 aromatic heterocycles. The Labute approximate surface area is 171 Å². The molecule has 0 radical (unpaired) electrons. The number of aromatic nitrogens is 2. The standard InChI is InChI=1S/C23H28ClN3O/c1-23(2,3)27-11-8-15(9-12-27)20-14-19-17(7-10-25-22(19)26-20)18-13-16(24)5-6-21(18)28-4/h5-7,10,13-15H,8-9,11-12H2,1-4H3,(H,25,26). The maximum atomic E-state index is 6.27. The Hall–Kier alpha value is -2.04. The maximum Gasteiger partial charge on any atom is 0.138 e. The van der Waals surface area contributed by atoms with Gasteiger partial charge in [0.2, 0.25) is 0 Å². The number of hydrogen-bond acceptors (Lipinski definition) is 3. The molecule has 0 aliphatic carbocycles. The topological polar surface area (TPSA) is 41.1 Å². The van der Waals surface area contributed by atoms with Gasteiger partial charge in [0.15, 0.2) is 0 Å². The summed E-state index contributed by atoms with van der Waals surface area (Å²) in [7, 11) is 1.69. The number of aromatic amines is 1. The number of piperidine rings is 1. The summed E-state index contributed by atoms with van der Waals surface area (Å²) in [6.07, 6.45) is 4.18. The van der Waals surface area contributed by atoms with Gasteiger partial charge < -0.3 is 9.72 Å². The van der Waals surface area contributed by atoms with Gasteiger partial charge in [-0.05, 0) is 82.6 Å². The molecular formula is C23H28ClN3O. The summed E-state index contributed by atoms with van der Waals surface area (Å²) in [4.78, 5) is 10.7. The van der Waals surface area contributed by atoms with E-state index in [9.17, 15) is 0 Å². The van der Waals surface area contributed by atoms with Crippen LogP contribution in [-0.2, 0) is 0 Å². The van der Waals surface area contributed by atoms with Gasteiger partial charge in [0, 0.05) is 39.3 Å². The van der Waals surface area contributed by atoms with E-state index in [4.69, 9.17) is 16.3 Å². The van der Waals surface area contributed by atoms with E-state index in [2.05, 4.69) is 41.7 Å². The van der Waals surface area contributed by atoms with Gasteiger partial charge in [0.1, 0.15) is 11.4 Å². The molecule has 148 valence electrons. The first-order chi connectivity index (χ1) is 13.4. The van der Waals surface area contributed by atoms with Crippen LogP contribution in [0.1, 0.15) is 45.2 Å². The summed E-state index contributed by atoms with van der Waals surface area (Å²) < 4.78 is 5.58. The maximum absolute atomic E-state index is 6.27. The van der Waals surface area contributed by atoms with Gasteiger partial charge in [-0.1, -0.05) is 11.6 Å². The van der Waals surface area contributed by atoms with E-state index >= 15 is 0 Å². The van der Waals surface area contributed by atoms with Crippen molar-refractivity contribution in [2.75, 3.05) is 20.2 Å². The third kappa shape index (κ3) is 3.63. The quantitative estimate of drug-likeness (QED) is 0.600. The zero-order valence-corrected chi connectivity index (χ0v) is 17.8. The normalized spacial score (nSPS) is 16.6. The fourth-order valence-electron chi connectivity index (χ4n) is 4.25. The van der Waals surface area contributed by atoms with Crippen LogP contribution in [0.15, 0.2) is 36.5 Å². The average molecular weight is 398 g/mol. The number of hydrogen-bond donors (Lipinski definition) is 1. The number of nitrogens with one attached hydrogen (secondary N) is 1. The predicted molar refractivity (Wildman–Crippen MR) is 116 cm³/mol. The van der Waals surface area contributed by atoms with Gasteiger partial charge in [-0.3, -0.25) is 4.90 Å². The number of ether oxygens (including phenoxy) is 1. The van der Waals surface area contributed by atoms with Crippen molar-refractivity contribution >= 4 is 22.6 Å². The SMILES string of the molecule is COc1ccc(Cl)cc1-c1ccnc2[nH]c(C3CCN(C(C)(C)C)CC3)cc12. The van der Waals surface area contributed by atoms with Crippen LogP contribution in [0, 0.1) is 0 Å². The van der Waals surface area contributed by atoms with Crippen molar-refractivity contribution in [3.63, 3.8) is 0 Å². The van der Waals surface area contributed by atoms with Crippen molar-refractivity contribution in [1.29, 1.82) is 0 Å². The molecule has 28 heavy (non-hydrogen) atoms. The lowest BCUT2D eigenvalue weighted by Crippen LogP contribution is -2.45. The molecular weight excluding hydrogens is 370 g/mol. The predicted octanol–water partition coefficient (Wildman–Crippen LogP) is 5.87. The smallest absolute Gasteiger partial charge is 0.138 e. The first-order valence-corrected chi connectivity index (χ1v) is 10.3. The second-order valence-corrected chi connectivity index (χ2v) is 9.06. The third-order valence-corrected chi connectivity index (χ3v) is 6.12. The van der Waals surface area contributed by atoms with Gasteiger partial charge in [-0.15, -0.1) is 0 Å². The van der Waals surface area contributed by atoms with Crippen molar-refractivity contribution < 1.29 is 4.74 Å². The highest BCUT2D eigenvalue weighted by Crippen LogP contribution is 2.38. The molecule has 4 nitrogen and oxygen atoms in total. The Morgan fingerprint density at radius 2 is 1.86 bits per heavy atom. The van der Waals surface area contributed by atoms with E-state index in [0.29, 0.717) is 10.9 Å². The molecule has 0 bridgehead atoms. The van der Waals surface area contributed by atoms with Crippen LogP contribution in [-0.4, -0.2) is 40.6 Å². The molecule has 1 N–H and O–H groups in total. The van der Waals surface area contributed by atoms with Gasteiger partial charge in [-0.2, -0.15) is 0 Å². The number of likely N-dealkylation sites (tertiary alicyclic amines) is 1. The number of halogens is 1. The molecule has 1 fully saturated rings. The summed E-state index contributed by atoms with van der Waals surface area (Å²) in [6.45, 7) is 9.15. The Bertz CT molecular complexity index is 981. The molecule has 4 rings (SSSR count). The minimum Gasteiger partial charge on any atom is -0.496 e. The number of benzene rings is 1. The van der Waals surface area contributed by atoms with Crippen LogP contribution >= 0.6 is 11.6 Å². The first kappa shape index (κ1) is 19.3. The summed E-state index contributed by atoms with van der Waals surface area (Å²) in [6, 6.07) is 10.0. The molecule has 0 saturated carbocycles. The van der Waals surface area contributed by atoms with Gasteiger partial charge in [-0.25, -0.2) is 4.98 Å². The fourth-order valence-corrected chi connectivity index (χ4v) is 4.43. The van der Waals surface area contributed by atoms with Crippen LogP contribution in [0.3, 0.4) is 0 Å². The Morgan fingerprint density at radius 3 is 2.54 bits per heavy atom. The Morgan fingerprint density at radius 1 is 1.11 bits per heavy atom. The molecule has 0 spiro atoms. The summed E-state index contributed by atoms with van der Waals surface area (Å²) in [5.74, 6) is 1.36. The molecule has 1 aliphatic rings. The second kappa shape index (κ2) is 7.41. The van der Waals surface area contributed by atoms with Gasteiger partial charge in [0.25, 0.3) is 0 Å². The summed E-state index contributed by atoms with van der Waals surface area (Å²) in [5, 5.41) is 1.82. The number of fused-ring (bicyclic) bond motifs is 1. The molecule has 1 aromatic carbocycles. The van der Waals surface area contributed by atoms with Crippen molar-refractivity contribution in [3.05, 3.63) is 47.2 Å². The van der Waals surface area contributed by atoms with E-state index in [1.807, 2.05) is 30.5 Å². The van der Waals surface area contributed by atoms with E-state index in [-0.39, 0.29) is 5.54 Å². The molecule has 1 aliphatic heterocycles. The number of H-pyrrole nitrogens is 1. The van der Waals surface area contributed by atoms with Crippen molar-refractivity contribution in [1.82, 2.24) is 14.9 Å². The third-order valence-electron chi connectivity index (χ3n) is 5.89. The lowest BCUT2D eigenvalue weighted by Gasteiger charge is -2.40. The van der Waals surface area contributed by atoms with E-state index in [1.165, 1.54) is 18.5 Å². The monoisotopic (exact) mass is 397 g/mol. The molecule has 1 saturated heterocycles. The number of pyridine rings is 1. The van der Waals surface area contributed by atoms with Crippen LogP contribution in [0.25, 0.3) is 22.2 Å². The Balaban J connectivity index is 1.68. The molecule has 3 aromatic rings. The fraction of sp³-hybridized carbons (Fsp3) is 0.435. The van der Waals surface area contributed by atoms with Crippen LogP contribution < -0.4 is 4.74 Å². The summed E-state index contributed by atoms with van der Waals surface area (Å²) in [5.41, 5.74) is 4.54. The minimum atomic E-state index is 0.239. The highest BCUT2D eigenvalue weighted by molar-refractivity contribution is 6.31. The van der Waals surface area contributed by atoms with E-state index < -0.39 is 0 Å². The largest absolute Gasteiger partial charge is 0.496 e. The second-order valence-electron chi connectivity index (χ2n) is 8.62. The van der Waals surface area contributed by atoms with Crippen molar-refractivity contribution in [3.8, 4) is 16.9 Å². The van der Waals surface area contributed by atoms with Gasteiger partial charge in [0.05, 0.1) is 7.11 Å². The first-order valence-electron chi connectivity index (χ1n) is 9.93. The van der Waals surface area contributed by atoms with Crippen molar-refractivity contribution in [2.24, 2.45) is 0 Å². The van der Waals surface area contributed by atoms with Crippen LogP contribution in [0.4, 0.5) is 0 Å². The molecule has 5 heteroatoms. The molecule has 0 amide bonds. The van der Waals surface area contributed by atoms with Crippen LogP contribution in [0.5, 0.6) is 5.75 Å². The number of rotatable bonds is 3. The molecule has 0 unspecified atom stereocenters. The highest BCUT2D eigenvalue weighted by Gasteiger charge is 2.28.